The third-order valence-electron chi connectivity index (χ3n) is 2.17. The topological polar surface area (TPSA) is 23.5 Å². The molecule has 0 unspecified atom stereocenters. The van der Waals surface area contributed by atoms with E-state index in [1.54, 1.807) is 0 Å². The van der Waals surface area contributed by atoms with Crippen LogP contribution in [0.25, 0.3) is 0 Å². The lowest BCUT2D eigenvalue weighted by Gasteiger charge is -2.29. The molecule has 0 bridgehead atoms. The van der Waals surface area contributed by atoms with Gasteiger partial charge in [-0.05, 0) is 25.8 Å². The van der Waals surface area contributed by atoms with Crippen molar-refractivity contribution in [1.82, 2.24) is 4.90 Å². The van der Waals surface area contributed by atoms with Crippen LogP contribution in [0.5, 0.6) is 0 Å². The molecule has 1 fully saturated rings. The number of likely N-dealkylation sites (tertiary alicyclic amines) is 1. The molecule has 1 N–H and O–H groups in total. The molecule has 0 radical (unpaired) electrons. The Kier molecular flexibility index (Phi) is 4.41. The van der Waals surface area contributed by atoms with Gasteiger partial charge in [0.1, 0.15) is 0 Å². The standard InChI is InChI=1S/C8H16BrNO/c9-4-1-5-10-6-2-8(11)3-7-10/h8,11H,1-7H2. The van der Waals surface area contributed by atoms with E-state index in [2.05, 4.69) is 20.8 Å². The van der Waals surface area contributed by atoms with Crippen LogP contribution in [0.1, 0.15) is 19.3 Å². The predicted molar refractivity (Wildman–Crippen MR) is 50.1 cm³/mol. The maximum absolute atomic E-state index is 9.22. The summed E-state index contributed by atoms with van der Waals surface area (Å²) >= 11 is 3.41. The minimum absolute atomic E-state index is 0.0322. The van der Waals surface area contributed by atoms with Gasteiger partial charge in [0.25, 0.3) is 0 Å². The molecule has 0 saturated carbocycles. The molecule has 0 aromatic rings. The maximum atomic E-state index is 9.22. The molecule has 0 spiro atoms. The normalized spacial score (nSPS) is 22.4. The van der Waals surface area contributed by atoms with Crippen molar-refractivity contribution in [2.24, 2.45) is 0 Å². The molecule has 0 aromatic heterocycles. The first-order valence-electron chi connectivity index (χ1n) is 4.29. The number of halogens is 1. The highest BCUT2D eigenvalue weighted by Crippen LogP contribution is 2.09. The second-order valence-electron chi connectivity index (χ2n) is 3.12. The van der Waals surface area contributed by atoms with E-state index >= 15 is 0 Å². The zero-order valence-electron chi connectivity index (χ0n) is 6.80. The molecular weight excluding hydrogens is 206 g/mol. The SMILES string of the molecule is OC1CCN(CCCBr)CC1. The Morgan fingerprint density at radius 3 is 2.55 bits per heavy atom. The van der Waals surface area contributed by atoms with Crippen LogP contribution >= 0.6 is 15.9 Å². The monoisotopic (exact) mass is 221 g/mol. The van der Waals surface area contributed by atoms with Gasteiger partial charge < -0.3 is 10.0 Å². The summed E-state index contributed by atoms with van der Waals surface area (Å²) in [7, 11) is 0. The van der Waals surface area contributed by atoms with Gasteiger partial charge in [-0.15, -0.1) is 0 Å². The van der Waals surface area contributed by atoms with E-state index in [0.29, 0.717) is 0 Å². The summed E-state index contributed by atoms with van der Waals surface area (Å²) in [5.41, 5.74) is 0. The van der Waals surface area contributed by atoms with E-state index in [0.717, 1.165) is 31.3 Å². The predicted octanol–water partition coefficient (Wildman–Crippen LogP) is 1.23. The van der Waals surface area contributed by atoms with Crippen LogP contribution in [-0.2, 0) is 0 Å². The fourth-order valence-corrected chi connectivity index (χ4v) is 1.68. The third-order valence-corrected chi connectivity index (χ3v) is 2.73. The van der Waals surface area contributed by atoms with Crippen molar-refractivity contribution in [3.05, 3.63) is 0 Å². The van der Waals surface area contributed by atoms with Crippen molar-refractivity contribution < 1.29 is 5.11 Å². The van der Waals surface area contributed by atoms with Crippen molar-refractivity contribution in [3.8, 4) is 0 Å². The minimum Gasteiger partial charge on any atom is -0.393 e. The third kappa shape index (κ3) is 3.54. The molecule has 0 aliphatic carbocycles. The van der Waals surface area contributed by atoms with Gasteiger partial charge in [0.05, 0.1) is 6.10 Å². The van der Waals surface area contributed by atoms with Crippen LogP contribution in [0.3, 0.4) is 0 Å². The second-order valence-corrected chi connectivity index (χ2v) is 3.91. The van der Waals surface area contributed by atoms with Gasteiger partial charge in [0.15, 0.2) is 0 Å². The summed E-state index contributed by atoms with van der Waals surface area (Å²) < 4.78 is 0. The Balaban J connectivity index is 2.07. The molecule has 1 rings (SSSR count). The molecule has 2 nitrogen and oxygen atoms in total. The van der Waals surface area contributed by atoms with E-state index in [1.807, 2.05) is 0 Å². The van der Waals surface area contributed by atoms with Crippen molar-refractivity contribution in [2.75, 3.05) is 25.0 Å². The van der Waals surface area contributed by atoms with Crippen molar-refractivity contribution in [2.45, 2.75) is 25.4 Å². The summed E-state index contributed by atoms with van der Waals surface area (Å²) in [5, 5.41) is 10.3. The lowest BCUT2D eigenvalue weighted by Crippen LogP contribution is -2.36. The van der Waals surface area contributed by atoms with E-state index in [1.165, 1.54) is 13.0 Å². The molecule has 11 heavy (non-hydrogen) atoms. The number of piperidine rings is 1. The largest absolute Gasteiger partial charge is 0.393 e. The second kappa shape index (κ2) is 5.12. The molecule has 0 amide bonds. The van der Waals surface area contributed by atoms with E-state index in [9.17, 15) is 5.11 Å². The number of hydrogen-bond acceptors (Lipinski definition) is 2. The Hall–Kier alpha value is 0.400. The van der Waals surface area contributed by atoms with Gasteiger partial charge in [-0.2, -0.15) is 0 Å². The van der Waals surface area contributed by atoms with Crippen molar-refractivity contribution >= 4 is 15.9 Å². The summed E-state index contributed by atoms with van der Waals surface area (Å²) in [6.07, 6.45) is 3.11. The highest BCUT2D eigenvalue weighted by molar-refractivity contribution is 9.09. The fraction of sp³-hybridized carbons (Fsp3) is 1.00. The number of rotatable bonds is 3. The highest BCUT2D eigenvalue weighted by Gasteiger charge is 2.15. The summed E-state index contributed by atoms with van der Waals surface area (Å²) in [5.74, 6) is 0. The van der Waals surface area contributed by atoms with Gasteiger partial charge in [-0.25, -0.2) is 0 Å². The Morgan fingerprint density at radius 1 is 1.36 bits per heavy atom. The van der Waals surface area contributed by atoms with Crippen LogP contribution in [0.2, 0.25) is 0 Å². The quantitative estimate of drug-likeness (QED) is 0.726. The average Bonchev–Trinajstić information content (AvgIpc) is 2.04. The van der Waals surface area contributed by atoms with Crippen LogP contribution in [-0.4, -0.2) is 41.1 Å². The summed E-state index contributed by atoms with van der Waals surface area (Å²) in [6, 6.07) is 0. The molecule has 3 heteroatoms. The molecule has 0 aromatic carbocycles. The lowest BCUT2D eigenvalue weighted by atomic mass is 10.1. The smallest absolute Gasteiger partial charge is 0.0564 e. The lowest BCUT2D eigenvalue weighted by molar-refractivity contribution is 0.0829. The summed E-state index contributed by atoms with van der Waals surface area (Å²) in [4.78, 5) is 2.42. The zero-order valence-corrected chi connectivity index (χ0v) is 8.39. The number of hydrogen-bond donors (Lipinski definition) is 1. The fourth-order valence-electron chi connectivity index (χ4n) is 1.43. The van der Waals surface area contributed by atoms with E-state index in [4.69, 9.17) is 0 Å². The number of aliphatic hydroxyl groups excluding tert-OH is 1. The first-order valence-corrected chi connectivity index (χ1v) is 5.41. The molecular formula is C8H16BrNO. The first-order chi connectivity index (χ1) is 5.33. The average molecular weight is 222 g/mol. The van der Waals surface area contributed by atoms with Gasteiger partial charge in [0, 0.05) is 18.4 Å². The van der Waals surface area contributed by atoms with Crippen molar-refractivity contribution in [3.63, 3.8) is 0 Å². The molecule has 1 heterocycles. The maximum Gasteiger partial charge on any atom is 0.0564 e. The van der Waals surface area contributed by atoms with E-state index in [-0.39, 0.29) is 6.10 Å². The van der Waals surface area contributed by atoms with Gasteiger partial charge in [0.2, 0.25) is 0 Å². The molecule has 1 aliphatic heterocycles. The van der Waals surface area contributed by atoms with Gasteiger partial charge in [-0.3, -0.25) is 0 Å². The Bertz CT molecular complexity index is 99.5. The molecule has 66 valence electrons. The van der Waals surface area contributed by atoms with Crippen LogP contribution < -0.4 is 0 Å². The van der Waals surface area contributed by atoms with Crippen LogP contribution in [0, 0.1) is 0 Å². The molecule has 1 aliphatic rings. The van der Waals surface area contributed by atoms with E-state index < -0.39 is 0 Å². The first kappa shape index (κ1) is 9.49. The van der Waals surface area contributed by atoms with Crippen LogP contribution in [0.4, 0.5) is 0 Å². The summed E-state index contributed by atoms with van der Waals surface area (Å²) in [6.45, 7) is 3.33. The van der Waals surface area contributed by atoms with Gasteiger partial charge >= 0.3 is 0 Å². The Morgan fingerprint density at radius 2 is 2.00 bits per heavy atom. The van der Waals surface area contributed by atoms with Gasteiger partial charge in [-0.1, -0.05) is 15.9 Å². The van der Waals surface area contributed by atoms with Crippen molar-refractivity contribution in [1.29, 1.82) is 0 Å². The molecule has 0 atom stereocenters. The van der Waals surface area contributed by atoms with Crippen LogP contribution in [0.15, 0.2) is 0 Å². The number of nitrogens with zero attached hydrogens (tertiary/aromatic N) is 1. The minimum atomic E-state index is -0.0322. The Labute approximate surface area is 76.7 Å². The zero-order chi connectivity index (χ0) is 8.10. The molecule has 1 saturated heterocycles. The number of aliphatic hydroxyl groups is 1. The number of alkyl halides is 1. The highest BCUT2D eigenvalue weighted by atomic mass is 79.9.